The van der Waals surface area contributed by atoms with Gasteiger partial charge in [-0.2, -0.15) is 0 Å². The van der Waals surface area contributed by atoms with Gasteiger partial charge >= 0.3 is 6.03 Å². The standard InChI is InChI=1S/C25H34N6O2/c1-3-29(4-2)18-19-10-7-8-16-30(19)17-15-27-25(33)31-21-12-6-5-11-20(21)24(32)28-23-22(31)13-9-14-26-23/h5-6,9,11-14,19H,3-4,7-8,10,15-18H2,1-2H3,(H,27,33)(H,26,28,32). The van der Waals surface area contributed by atoms with Crippen LogP contribution in [0.15, 0.2) is 42.6 Å². The number of pyridine rings is 1. The van der Waals surface area contributed by atoms with Gasteiger partial charge in [0.25, 0.3) is 5.91 Å². The van der Waals surface area contributed by atoms with Crippen LogP contribution in [0.2, 0.25) is 0 Å². The average Bonchev–Trinajstić information content (AvgIpc) is 2.97. The highest BCUT2D eigenvalue weighted by molar-refractivity contribution is 6.16. The maximum absolute atomic E-state index is 13.4. The number of nitrogens with one attached hydrogen (secondary N) is 2. The van der Waals surface area contributed by atoms with E-state index in [0.29, 0.717) is 35.3 Å². The van der Waals surface area contributed by atoms with Crippen molar-refractivity contribution in [2.24, 2.45) is 0 Å². The van der Waals surface area contributed by atoms with Gasteiger partial charge in [0, 0.05) is 31.9 Å². The van der Waals surface area contributed by atoms with E-state index in [1.165, 1.54) is 19.3 Å². The fourth-order valence-electron chi connectivity index (χ4n) is 4.78. The van der Waals surface area contributed by atoms with Crippen LogP contribution in [0, 0.1) is 0 Å². The van der Waals surface area contributed by atoms with Crippen molar-refractivity contribution >= 4 is 29.1 Å². The Bertz CT molecular complexity index is 977. The zero-order valence-corrected chi connectivity index (χ0v) is 19.6. The van der Waals surface area contributed by atoms with E-state index < -0.39 is 0 Å². The summed E-state index contributed by atoms with van der Waals surface area (Å²) in [4.78, 5) is 36.9. The lowest BCUT2D eigenvalue weighted by Gasteiger charge is -2.38. The molecule has 2 aliphatic rings. The number of para-hydroxylation sites is 1. The summed E-state index contributed by atoms with van der Waals surface area (Å²) in [7, 11) is 0. The fraction of sp³-hybridized carbons (Fsp3) is 0.480. The minimum atomic E-state index is -0.270. The molecule has 2 aliphatic heterocycles. The number of rotatable bonds is 7. The van der Waals surface area contributed by atoms with E-state index in [1.54, 1.807) is 41.4 Å². The Morgan fingerprint density at radius 2 is 1.94 bits per heavy atom. The highest BCUT2D eigenvalue weighted by Crippen LogP contribution is 2.36. The van der Waals surface area contributed by atoms with Gasteiger partial charge in [-0.15, -0.1) is 0 Å². The molecule has 4 rings (SSSR count). The molecule has 3 heterocycles. The van der Waals surface area contributed by atoms with Crippen LogP contribution < -0.4 is 15.5 Å². The first-order valence-electron chi connectivity index (χ1n) is 12.0. The van der Waals surface area contributed by atoms with Crippen LogP contribution >= 0.6 is 0 Å². The fourth-order valence-corrected chi connectivity index (χ4v) is 4.78. The molecule has 2 N–H and O–H groups in total. The van der Waals surface area contributed by atoms with Crippen LogP contribution in [-0.2, 0) is 0 Å². The molecular weight excluding hydrogens is 416 g/mol. The van der Waals surface area contributed by atoms with Crippen molar-refractivity contribution in [1.82, 2.24) is 20.1 Å². The number of carbonyl (C=O) groups excluding carboxylic acids is 2. The second kappa shape index (κ2) is 10.8. The summed E-state index contributed by atoms with van der Waals surface area (Å²) in [6.07, 6.45) is 5.29. The highest BCUT2D eigenvalue weighted by atomic mass is 16.2. The van der Waals surface area contributed by atoms with E-state index in [9.17, 15) is 9.59 Å². The van der Waals surface area contributed by atoms with Gasteiger partial charge in [0.2, 0.25) is 0 Å². The Kier molecular flexibility index (Phi) is 7.57. The molecule has 3 amide bonds. The van der Waals surface area contributed by atoms with E-state index in [2.05, 4.69) is 39.3 Å². The lowest BCUT2D eigenvalue weighted by molar-refractivity contribution is 0.102. The van der Waals surface area contributed by atoms with Gasteiger partial charge in [0.05, 0.1) is 16.9 Å². The molecule has 8 nitrogen and oxygen atoms in total. The number of nitrogens with zero attached hydrogens (tertiary/aromatic N) is 4. The number of anilines is 3. The average molecular weight is 451 g/mol. The van der Waals surface area contributed by atoms with E-state index in [4.69, 9.17) is 0 Å². The predicted octanol–water partition coefficient (Wildman–Crippen LogP) is 3.69. The Balaban J connectivity index is 1.47. The van der Waals surface area contributed by atoms with Crippen LogP contribution in [0.25, 0.3) is 0 Å². The van der Waals surface area contributed by atoms with Gasteiger partial charge in [0.15, 0.2) is 5.82 Å². The first-order valence-corrected chi connectivity index (χ1v) is 12.0. The second-order valence-corrected chi connectivity index (χ2v) is 8.58. The van der Waals surface area contributed by atoms with Gasteiger partial charge in [-0.25, -0.2) is 9.78 Å². The van der Waals surface area contributed by atoms with Crippen LogP contribution in [0.3, 0.4) is 0 Å². The summed E-state index contributed by atoms with van der Waals surface area (Å²) in [5.74, 6) is 0.109. The van der Waals surface area contributed by atoms with Crippen LogP contribution in [0.4, 0.5) is 22.0 Å². The molecule has 0 spiro atoms. The predicted molar refractivity (Wildman–Crippen MR) is 131 cm³/mol. The third-order valence-electron chi connectivity index (χ3n) is 6.64. The lowest BCUT2D eigenvalue weighted by Crippen LogP contribution is -2.49. The first-order chi connectivity index (χ1) is 16.1. The monoisotopic (exact) mass is 450 g/mol. The van der Waals surface area contributed by atoms with Crippen molar-refractivity contribution in [2.45, 2.75) is 39.2 Å². The molecule has 0 saturated carbocycles. The number of fused-ring (bicyclic) bond motifs is 2. The van der Waals surface area contributed by atoms with E-state index in [0.717, 1.165) is 32.7 Å². The summed E-state index contributed by atoms with van der Waals surface area (Å²) >= 11 is 0. The third-order valence-corrected chi connectivity index (χ3v) is 6.64. The first kappa shape index (κ1) is 23.2. The molecule has 176 valence electrons. The molecule has 0 aliphatic carbocycles. The van der Waals surface area contributed by atoms with Crippen molar-refractivity contribution in [3.8, 4) is 0 Å². The highest BCUT2D eigenvalue weighted by Gasteiger charge is 2.30. The molecule has 0 bridgehead atoms. The largest absolute Gasteiger partial charge is 0.336 e. The molecule has 1 unspecified atom stereocenters. The van der Waals surface area contributed by atoms with Gasteiger partial charge in [-0.1, -0.05) is 32.4 Å². The van der Waals surface area contributed by atoms with Crippen molar-refractivity contribution in [2.75, 3.05) is 49.5 Å². The number of urea groups is 1. The second-order valence-electron chi connectivity index (χ2n) is 8.58. The number of carbonyl (C=O) groups is 2. The topological polar surface area (TPSA) is 80.8 Å². The maximum atomic E-state index is 13.4. The summed E-state index contributed by atoms with van der Waals surface area (Å²) in [5, 5.41) is 5.91. The Morgan fingerprint density at radius 3 is 2.76 bits per heavy atom. The Labute approximate surface area is 196 Å². The minimum absolute atomic E-state index is 0.259. The number of hydrogen-bond donors (Lipinski definition) is 2. The quantitative estimate of drug-likeness (QED) is 0.672. The lowest BCUT2D eigenvalue weighted by atomic mass is 10.0. The number of aromatic nitrogens is 1. The SMILES string of the molecule is CCN(CC)CC1CCCCN1CCNC(=O)N1c2ccccc2C(=O)Nc2ncccc21. The van der Waals surface area contributed by atoms with E-state index in [1.807, 2.05) is 6.07 Å². The summed E-state index contributed by atoms with van der Waals surface area (Å²) in [5.41, 5.74) is 1.56. The summed E-state index contributed by atoms with van der Waals surface area (Å²) in [6.45, 7) is 10.0. The number of likely N-dealkylation sites (N-methyl/N-ethyl adjacent to an activating group) is 1. The number of benzene rings is 1. The minimum Gasteiger partial charge on any atom is -0.336 e. The van der Waals surface area contributed by atoms with Crippen molar-refractivity contribution < 1.29 is 9.59 Å². The third kappa shape index (κ3) is 5.17. The molecule has 1 saturated heterocycles. The Morgan fingerprint density at radius 1 is 1.15 bits per heavy atom. The number of hydrogen-bond acceptors (Lipinski definition) is 5. The van der Waals surface area contributed by atoms with Gasteiger partial charge in [0.1, 0.15) is 0 Å². The molecule has 8 heteroatoms. The van der Waals surface area contributed by atoms with Gasteiger partial charge in [-0.3, -0.25) is 14.6 Å². The van der Waals surface area contributed by atoms with Crippen molar-refractivity contribution in [1.29, 1.82) is 0 Å². The molecule has 33 heavy (non-hydrogen) atoms. The smallest absolute Gasteiger partial charge is 0.326 e. The van der Waals surface area contributed by atoms with Crippen molar-refractivity contribution in [3.05, 3.63) is 48.2 Å². The molecule has 2 aromatic rings. The number of likely N-dealkylation sites (tertiary alicyclic amines) is 1. The molecular formula is C25H34N6O2. The molecule has 1 atom stereocenters. The van der Waals surface area contributed by atoms with Crippen LogP contribution in [0.5, 0.6) is 0 Å². The number of amides is 3. The van der Waals surface area contributed by atoms with E-state index >= 15 is 0 Å². The number of piperidine rings is 1. The summed E-state index contributed by atoms with van der Waals surface area (Å²) in [6, 6.07) is 11.0. The van der Waals surface area contributed by atoms with Crippen LogP contribution in [-0.4, -0.2) is 72.0 Å². The molecule has 1 fully saturated rings. The van der Waals surface area contributed by atoms with Crippen molar-refractivity contribution in [3.63, 3.8) is 0 Å². The maximum Gasteiger partial charge on any atom is 0.326 e. The van der Waals surface area contributed by atoms with Gasteiger partial charge in [-0.05, 0) is 56.7 Å². The van der Waals surface area contributed by atoms with Gasteiger partial charge < -0.3 is 15.5 Å². The molecule has 1 aromatic carbocycles. The molecule has 0 radical (unpaired) electrons. The molecule has 1 aromatic heterocycles. The zero-order valence-electron chi connectivity index (χ0n) is 19.6. The summed E-state index contributed by atoms with van der Waals surface area (Å²) < 4.78 is 0. The Hall–Kier alpha value is -2.97. The van der Waals surface area contributed by atoms with Crippen LogP contribution in [0.1, 0.15) is 43.5 Å². The van der Waals surface area contributed by atoms with E-state index in [-0.39, 0.29) is 11.9 Å². The normalized spacial score (nSPS) is 18.3. The zero-order chi connectivity index (χ0) is 23.2.